The molecular formula is C32H35FN8O. The quantitative estimate of drug-likeness (QED) is 0.316. The van der Waals surface area contributed by atoms with Gasteiger partial charge in [0, 0.05) is 43.2 Å². The molecule has 0 bridgehead atoms. The fraction of sp³-hybridized carbons (Fsp3) is 0.281. The standard InChI is InChI=1S/C32H35FN8O/c1-18(2)32(42)36-25-12-23(14-35-15-25)21-7-8-27-26(13-21)30(40-39-27)31-37-28(16-34-4)29(38-31)19(3)22-9-20(17-41(5)6)10-24(33)11-22/h7-12,14-16,18,26,39H,3,13,17H2,1-2,4-6H3,(H,36,42)(H,37,38)/b34-16-. The van der Waals surface area contributed by atoms with E-state index in [2.05, 4.69) is 37.4 Å². The number of pyridine rings is 1. The summed E-state index contributed by atoms with van der Waals surface area (Å²) in [5.41, 5.74) is 10.8. The highest BCUT2D eigenvalue weighted by Gasteiger charge is 2.33. The Kier molecular flexibility index (Phi) is 8.26. The van der Waals surface area contributed by atoms with Gasteiger partial charge in [0.05, 0.1) is 29.2 Å². The first-order chi connectivity index (χ1) is 20.1. The first kappa shape index (κ1) is 28.8. The summed E-state index contributed by atoms with van der Waals surface area (Å²) in [6.07, 6.45) is 9.84. The van der Waals surface area contributed by atoms with Gasteiger partial charge in [0.25, 0.3) is 0 Å². The molecule has 42 heavy (non-hydrogen) atoms. The van der Waals surface area contributed by atoms with Gasteiger partial charge in [-0.3, -0.25) is 20.2 Å². The molecule has 0 saturated heterocycles. The summed E-state index contributed by atoms with van der Waals surface area (Å²) in [6.45, 7) is 8.58. The number of hydrazone groups is 1. The highest BCUT2D eigenvalue weighted by atomic mass is 19.1. The third kappa shape index (κ3) is 6.13. The molecule has 1 amide bonds. The Morgan fingerprint density at radius 3 is 2.79 bits per heavy atom. The number of hydrogen-bond acceptors (Lipinski definition) is 7. The van der Waals surface area contributed by atoms with E-state index in [1.807, 2.05) is 57.1 Å². The van der Waals surface area contributed by atoms with E-state index >= 15 is 0 Å². The molecule has 1 unspecified atom stereocenters. The minimum Gasteiger partial charge on any atom is -0.336 e. The maximum absolute atomic E-state index is 14.6. The van der Waals surface area contributed by atoms with Crippen molar-refractivity contribution in [2.75, 3.05) is 26.5 Å². The molecule has 2 aliphatic rings. The molecular weight excluding hydrogens is 531 g/mol. The second kappa shape index (κ2) is 12.0. The molecule has 1 aliphatic heterocycles. The number of benzene rings is 1. The molecule has 1 atom stereocenters. The maximum Gasteiger partial charge on any atom is 0.226 e. The lowest BCUT2D eigenvalue weighted by Crippen LogP contribution is -2.19. The van der Waals surface area contributed by atoms with Crippen LogP contribution in [-0.2, 0) is 11.3 Å². The van der Waals surface area contributed by atoms with Gasteiger partial charge in [-0.1, -0.05) is 26.5 Å². The lowest BCUT2D eigenvalue weighted by atomic mass is 9.85. The summed E-state index contributed by atoms with van der Waals surface area (Å²) in [4.78, 5) is 31.0. The third-order valence-corrected chi connectivity index (χ3v) is 7.12. The summed E-state index contributed by atoms with van der Waals surface area (Å²) >= 11 is 0. The second-order valence-electron chi connectivity index (χ2n) is 11.1. The first-order valence-electron chi connectivity index (χ1n) is 13.8. The highest BCUT2D eigenvalue weighted by molar-refractivity contribution is 6.05. The summed E-state index contributed by atoms with van der Waals surface area (Å²) < 4.78 is 14.6. The molecule has 5 rings (SSSR count). The van der Waals surface area contributed by atoms with Crippen LogP contribution in [0.5, 0.6) is 0 Å². The number of aromatic amines is 1. The van der Waals surface area contributed by atoms with Crippen LogP contribution in [0.4, 0.5) is 10.1 Å². The van der Waals surface area contributed by atoms with Crippen LogP contribution in [0.25, 0.3) is 11.1 Å². The monoisotopic (exact) mass is 566 g/mol. The molecule has 0 radical (unpaired) electrons. The van der Waals surface area contributed by atoms with Crippen molar-refractivity contribution in [3.05, 3.63) is 101 Å². The number of carbonyl (C=O) groups excluding carboxylic acids is 1. The largest absolute Gasteiger partial charge is 0.336 e. The van der Waals surface area contributed by atoms with Crippen LogP contribution in [0.2, 0.25) is 0 Å². The molecule has 0 saturated carbocycles. The molecule has 1 aliphatic carbocycles. The Hall–Kier alpha value is -4.70. The molecule has 10 heteroatoms. The number of aliphatic imine (C=N–C) groups is 1. The predicted octanol–water partition coefficient (Wildman–Crippen LogP) is 5.00. The fourth-order valence-electron chi connectivity index (χ4n) is 5.05. The second-order valence-corrected chi connectivity index (χ2v) is 11.1. The van der Waals surface area contributed by atoms with Crippen LogP contribution in [0, 0.1) is 17.7 Å². The Labute approximate surface area is 245 Å². The third-order valence-electron chi connectivity index (χ3n) is 7.12. The lowest BCUT2D eigenvalue weighted by molar-refractivity contribution is -0.118. The molecule has 1 aromatic carbocycles. The van der Waals surface area contributed by atoms with Crippen molar-refractivity contribution in [3.63, 3.8) is 0 Å². The van der Waals surface area contributed by atoms with Gasteiger partial charge in [0.1, 0.15) is 11.5 Å². The van der Waals surface area contributed by atoms with E-state index in [1.165, 1.54) is 12.1 Å². The van der Waals surface area contributed by atoms with Gasteiger partial charge in [-0.15, -0.1) is 0 Å². The Morgan fingerprint density at radius 1 is 1.24 bits per heavy atom. The molecule has 2 aromatic heterocycles. The minimum absolute atomic E-state index is 0.0584. The molecule has 3 N–H and O–H groups in total. The molecule has 3 heterocycles. The topological polar surface area (TPSA) is 111 Å². The van der Waals surface area contributed by atoms with Gasteiger partial charge < -0.3 is 15.2 Å². The van der Waals surface area contributed by atoms with Crippen molar-refractivity contribution in [3.8, 4) is 0 Å². The number of amides is 1. The number of rotatable bonds is 9. The molecule has 0 fully saturated rings. The molecule has 216 valence electrons. The Balaban J connectivity index is 1.42. The van der Waals surface area contributed by atoms with E-state index in [1.54, 1.807) is 25.7 Å². The average molecular weight is 567 g/mol. The van der Waals surface area contributed by atoms with Crippen LogP contribution < -0.4 is 10.7 Å². The van der Waals surface area contributed by atoms with E-state index in [0.29, 0.717) is 47.0 Å². The Morgan fingerprint density at radius 2 is 2.05 bits per heavy atom. The maximum atomic E-state index is 14.6. The van der Waals surface area contributed by atoms with Crippen LogP contribution in [0.15, 0.2) is 71.2 Å². The Bertz CT molecular complexity index is 1660. The summed E-state index contributed by atoms with van der Waals surface area (Å²) in [5.74, 6) is 0.00359. The van der Waals surface area contributed by atoms with Crippen molar-refractivity contribution in [2.24, 2.45) is 21.9 Å². The van der Waals surface area contributed by atoms with Gasteiger partial charge in [-0.2, -0.15) is 5.10 Å². The number of fused-ring (bicyclic) bond motifs is 1. The zero-order chi connectivity index (χ0) is 30.0. The van der Waals surface area contributed by atoms with E-state index in [0.717, 1.165) is 28.1 Å². The van der Waals surface area contributed by atoms with Crippen LogP contribution >= 0.6 is 0 Å². The van der Waals surface area contributed by atoms with Crippen LogP contribution in [0.3, 0.4) is 0 Å². The number of carbonyl (C=O) groups is 1. The zero-order valence-electron chi connectivity index (χ0n) is 24.5. The number of aromatic nitrogens is 3. The van der Waals surface area contributed by atoms with Crippen molar-refractivity contribution >= 4 is 34.7 Å². The normalized spacial score (nSPS) is 16.3. The summed E-state index contributed by atoms with van der Waals surface area (Å²) in [6, 6.07) is 6.88. The van der Waals surface area contributed by atoms with E-state index < -0.39 is 0 Å². The predicted molar refractivity (Wildman–Crippen MR) is 166 cm³/mol. The van der Waals surface area contributed by atoms with Crippen molar-refractivity contribution < 1.29 is 9.18 Å². The van der Waals surface area contributed by atoms with Crippen molar-refractivity contribution in [1.29, 1.82) is 0 Å². The SMILES string of the molecule is C=C(c1cc(F)cc(CN(C)C)c1)c1nc(C2=NNC3=CC=C(c4cncc(NC(=O)C(C)C)c4)CC32)[nH]c1/C=N\C. The smallest absolute Gasteiger partial charge is 0.226 e. The van der Waals surface area contributed by atoms with Crippen molar-refractivity contribution in [1.82, 2.24) is 25.3 Å². The number of H-pyrrole nitrogens is 1. The van der Waals surface area contributed by atoms with Gasteiger partial charge in [0.15, 0.2) is 5.82 Å². The van der Waals surface area contributed by atoms with Gasteiger partial charge in [-0.05, 0) is 73.1 Å². The number of allylic oxidation sites excluding steroid dienone is 4. The lowest BCUT2D eigenvalue weighted by Gasteiger charge is -2.20. The van der Waals surface area contributed by atoms with Gasteiger partial charge in [-0.25, -0.2) is 9.37 Å². The average Bonchev–Trinajstić information content (AvgIpc) is 3.56. The molecule has 3 aromatic rings. The first-order valence-corrected chi connectivity index (χ1v) is 13.8. The van der Waals surface area contributed by atoms with Crippen LogP contribution in [0.1, 0.15) is 54.2 Å². The van der Waals surface area contributed by atoms with E-state index in [4.69, 9.17) is 4.98 Å². The number of nitrogens with one attached hydrogen (secondary N) is 3. The zero-order valence-corrected chi connectivity index (χ0v) is 24.5. The van der Waals surface area contributed by atoms with E-state index in [-0.39, 0.29) is 23.6 Å². The minimum atomic E-state index is -0.324. The van der Waals surface area contributed by atoms with Gasteiger partial charge in [0.2, 0.25) is 5.91 Å². The number of anilines is 1. The number of halogens is 1. The number of hydrogen-bond donors (Lipinski definition) is 3. The van der Waals surface area contributed by atoms with Crippen LogP contribution in [-0.4, -0.2) is 58.8 Å². The molecule has 9 nitrogen and oxygen atoms in total. The fourth-order valence-corrected chi connectivity index (χ4v) is 5.05. The highest BCUT2D eigenvalue weighted by Crippen LogP contribution is 2.36. The number of imidazole rings is 1. The van der Waals surface area contributed by atoms with Crippen molar-refractivity contribution in [2.45, 2.75) is 26.8 Å². The summed E-state index contributed by atoms with van der Waals surface area (Å²) in [5, 5.41) is 7.54. The van der Waals surface area contributed by atoms with E-state index in [9.17, 15) is 9.18 Å². The molecule has 0 spiro atoms. The van der Waals surface area contributed by atoms with Gasteiger partial charge >= 0.3 is 0 Å². The number of nitrogens with zero attached hydrogens (tertiary/aromatic N) is 5. The summed E-state index contributed by atoms with van der Waals surface area (Å²) in [7, 11) is 5.57.